The van der Waals surface area contributed by atoms with E-state index in [1.165, 1.54) is 12.3 Å². The fourth-order valence-electron chi connectivity index (χ4n) is 1.43. The van der Waals surface area contributed by atoms with Crippen molar-refractivity contribution in [1.82, 2.24) is 15.0 Å². The number of nitrogens with one attached hydrogen (secondary N) is 3. The molecule has 1 aromatic rings. The molecule has 0 unspecified atom stereocenters. The fourth-order valence-corrected chi connectivity index (χ4v) is 3.08. The summed E-state index contributed by atoms with van der Waals surface area (Å²) >= 11 is 3.18. The highest BCUT2D eigenvalue weighted by Gasteiger charge is 2.20. The van der Waals surface area contributed by atoms with Gasteiger partial charge in [0.05, 0.1) is 6.54 Å². The van der Waals surface area contributed by atoms with Crippen molar-refractivity contribution in [3.05, 3.63) is 16.7 Å². The quantitative estimate of drug-likeness (QED) is 0.655. The Morgan fingerprint density at radius 2 is 2.10 bits per heavy atom. The number of anilines is 1. The molecule has 118 valence electrons. The van der Waals surface area contributed by atoms with Gasteiger partial charge in [-0.25, -0.2) is 18.1 Å². The third-order valence-electron chi connectivity index (χ3n) is 2.48. The Hall–Kier alpha value is -1.19. The second-order valence-electron chi connectivity index (χ2n) is 4.77. The minimum Gasteiger partial charge on any atom is -0.372 e. The van der Waals surface area contributed by atoms with E-state index in [4.69, 9.17) is 0 Å². The Morgan fingerprint density at radius 1 is 1.43 bits per heavy atom. The number of sulfonamides is 1. The molecule has 3 N–H and O–H groups in total. The summed E-state index contributed by atoms with van der Waals surface area (Å²) in [6.45, 7) is 4.10. The molecule has 0 spiro atoms. The Morgan fingerprint density at radius 3 is 2.67 bits per heavy atom. The number of rotatable bonds is 7. The number of hydrogen-bond acceptors (Lipinski definition) is 5. The van der Waals surface area contributed by atoms with Crippen molar-refractivity contribution in [2.24, 2.45) is 5.92 Å². The first-order valence-corrected chi connectivity index (χ1v) is 8.63. The maximum atomic E-state index is 12.2. The summed E-state index contributed by atoms with van der Waals surface area (Å²) < 4.78 is 27.2. The molecule has 21 heavy (non-hydrogen) atoms. The number of carbonyl (C=O) groups is 1. The van der Waals surface area contributed by atoms with Crippen molar-refractivity contribution in [3.8, 4) is 0 Å². The van der Waals surface area contributed by atoms with Crippen LogP contribution in [-0.4, -0.2) is 39.4 Å². The lowest BCUT2D eigenvalue weighted by molar-refractivity contribution is -0.120. The fraction of sp³-hybridized carbons (Fsp3) is 0.500. The van der Waals surface area contributed by atoms with Gasteiger partial charge < -0.3 is 10.6 Å². The van der Waals surface area contributed by atoms with Crippen LogP contribution in [0.4, 0.5) is 5.82 Å². The first-order chi connectivity index (χ1) is 9.76. The molecule has 0 aliphatic carbocycles. The molecule has 0 atom stereocenters. The van der Waals surface area contributed by atoms with E-state index in [0.29, 0.717) is 16.9 Å². The molecule has 1 amide bonds. The van der Waals surface area contributed by atoms with Gasteiger partial charge in [0.1, 0.15) is 10.7 Å². The van der Waals surface area contributed by atoms with E-state index in [1.54, 1.807) is 7.05 Å². The third-order valence-corrected chi connectivity index (χ3v) is 4.32. The lowest BCUT2D eigenvalue weighted by Crippen LogP contribution is -2.38. The summed E-state index contributed by atoms with van der Waals surface area (Å²) in [7, 11) is -2.25. The first-order valence-electron chi connectivity index (χ1n) is 6.36. The Kier molecular flexibility index (Phi) is 6.56. The molecular formula is C12H19BrN4O3S. The summed E-state index contributed by atoms with van der Waals surface area (Å²) in [4.78, 5) is 15.5. The van der Waals surface area contributed by atoms with E-state index >= 15 is 0 Å². The van der Waals surface area contributed by atoms with E-state index in [2.05, 4.69) is 36.3 Å². The summed E-state index contributed by atoms with van der Waals surface area (Å²) in [5.41, 5.74) is 0. The zero-order valence-corrected chi connectivity index (χ0v) is 14.5. The number of carbonyl (C=O) groups excluding carboxylic acids is 1. The smallest absolute Gasteiger partial charge is 0.244 e. The summed E-state index contributed by atoms with van der Waals surface area (Å²) in [5.74, 6) is 0.144. The van der Waals surface area contributed by atoms with Crippen LogP contribution in [-0.2, 0) is 14.8 Å². The topological polar surface area (TPSA) is 100 Å². The van der Waals surface area contributed by atoms with Gasteiger partial charge in [0, 0.05) is 24.3 Å². The maximum Gasteiger partial charge on any atom is 0.244 e. The van der Waals surface area contributed by atoms with E-state index in [1.807, 2.05) is 13.8 Å². The zero-order valence-electron chi connectivity index (χ0n) is 12.1. The van der Waals surface area contributed by atoms with Crippen molar-refractivity contribution >= 4 is 37.7 Å². The second-order valence-corrected chi connectivity index (χ2v) is 7.42. The van der Waals surface area contributed by atoms with E-state index < -0.39 is 10.0 Å². The molecule has 1 aromatic heterocycles. The van der Waals surface area contributed by atoms with Crippen molar-refractivity contribution in [2.75, 3.05) is 25.5 Å². The highest BCUT2D eigenvalue weighted by molar-refractivity contribution is 9.10. The van der Waals surface area contributed by atoms with Gasteiger partial charge in [-0.2, -0.15) is 0 Å². The Labute approximate surface area is 133 Å². The molecule has 1 rings (SSSR count). The van der Waals surface area contributed by atoms with Gasteiger partial charge in [0.2, 0.25) is 15.9 Å². The number of hydrogen-bond donors (Lipinski definition) is 3. The minimum atomic E-state index is -3.82. The maximum absolute atomic E-state index is 12.2. The molecule has 0 saturated carbocycles. The molecule has 0 saturated heterocycles. The van der Waals surface area contributed by atoms with Crippen molar-refractivity contribution in [3.63, 3.8) is 0 Å². The van der Waals surface area contributed by atoms with Crippen LogP contribution in [0, 0.1) is 5.92 Å². The SMILES string of the molecule is CNc1ncc(Br)cc1S(=O)(=O)NCC(=O)NCC(C)C. The molecule has 0 bridgehead atoms. The van der Waals surface area contributed by atoms with Gasteiger partial charge in [0.15, 0.2) is 0 Å². The first kappa shape index (κ1) is 17.9. The number of amides is 1. The number of halogens is 1. The van der Waals surface area contributed by atoms with Crippen LogP contribution in [0.15, 0.2) is 21.6 Å². The average molecular weight is 379 g/mol. The summed E-state index contributed by atoms with van der Waals surface area (Å²) in [6.07, 6.45) is 1.49. The molecule has 0 aliphatic heterocycles. The Bertz CT molecular complexity index is 605. The van der Waals surface area contributed by atoms with Crippen LogP contribution in [0.5, 0.6) is 0 Å². The van der Waals surface area contributed by atoms with Gasteiger partial charge in [-0.1, -0.05) is 13.8 Å². The van der Waals surface area contributed by atoms with Crippen LogP contribution < -0.4 is 15.4 Å². The predicted molar refractivity (Wildman–Crippen MR) is 84.5 cm³/mol. The van der Waals surface area contributed by atoms with Crippen molar-refractivity contribution < 1.29 is 13.2 Å². The zero-order chi connectivity index (χ0) is 16.0. The number of nitrogens with zero attached hydrogens (tertiary/aromatic N) is 1. The second kappa shape index (κ2) is 7.71. The number of pyridine rings is 1. The molecular weight excluding hydrogens is 360 g/mol. The van der Waals surface area contributed by atoms with Crippen LogP contribution >= 0.6 is 15.9 Å². The molecule has 0 radical (unpaired) electrons. The van der Waals surface area contributed by atoms with Gasteiger partial charge in [-0.15, -0.1) is 0 Å². The molecule has 0 aliphatic rings. The lowest BCUT2D eigenvalue weighted by Gasteiger charge is -2.11. The molecule has 7 nitrogen and oxygen atoms in total. The van der Waals surface area contributed by atoms with E-state index in [9.17, 15) is 13.2 Å². The van der Waals surface area contributed by atoms with Crippen LogP contribution in [0.2, 0.25) is 0 Å². The average Bonchev–Trinajstić information content (AvgIpc) is 2.43. The molecule has 9 heteroatoms. The minimum absolute atomic E-state index is 0.0176. The van der Waals surface area contributed by atoms with Crippen LogP contribution in [0.25, 0.3) is 0 Å². The normalized spacial score (nSPS) is 11.5. The monoisotopic (exact) mass is 378 g/mol. The third kappa shape index (κ3) is 5.60. The highest BCUT2D eigenvalue weighted by Crippen LogP contribution is 2.22. The van der Waals surface area contributed by atoms with Gasteiger partial charge >= 0.3 is 0 Å². The van der Waals surface area contributed by atoms with Crippen molar-refractivity contribution in [2.45, 2.75) is 18.7 Å². The lowest BCUT2D eigenvalue weighted by atomic mass is 10.2. The van der Waals surface area contributed by atoms with E-state index in [-0.39, 0.29) is 23.2 Å². The summed E-state index contributed by atoms with van der Waals surface area (Å²) in [5, 5.41) is 5.34. The molecule has 1 heterocycles. The van der Waals surface area contributed by atoms with Gasteiger partial charge in [0.25, 0.3) is 0 Å². The van der Waals surface area contributed by atoms with Gasteiger partial charge in [-0.05, 0) is 27.9 Å². The van der Waals surface area contributed by atoms with Crippen LogP contribution in [0.1, 0.15) is 13.8 Å². The van der Waals surface area contributed by atoms with Crippen molar-refractivity contribution in [1.29, 1.82) is 0 Å². The van der Waals surface area contributed by atoms with Crippen LogP contribution in [0.3, 0.4) is 0 Å². The molecule has 0 fully saturated rings. The molecule has 0 aromatic carbocycles. The van der Waals surface area contributed by atoms with E-state index in [0.717, 1.165) is 0 Å². The Balaban J connectivity index is 2.78. The largest absolute Gasteiger partial charge is 0.372 e. The summed E-state index contributed by atoms with van der Waals surface area (Å²) in [6, 6.07) is 1.42. The standard InChI is InChI=1S/C12H19BrN4O3S/c1-8(2)5-15-11(18)7-17-21(19,20)10-4-9(13)6-16-12(10)14-3/h4,6,8,17H,5,7H2,1-3H3,(H,14,16)(H,15,18). The highest BCUT2D eigenvalue weighted by atomic mass is 79.9. The predicted octanol–water partition coefficient (Wildman–Crippen LogP) is 0.936. The number of aromatic nitrogens is 1. The van der Waals surface area contributed by atoms with Gasteiger partial charge in [-0.3, -0.25) is 4.79 Å².